The van der Waals surface area contributed by atoms with Gasteiger partial charge in [0, 0.05) is 22.5 Å². The molecule has 1 heterocycles. The molecule has 1 unspecified atom stereocenters. The van der Waals surface area contributed by atoms with E-state index in [1.807, 2.05) is 26.1 Å². The SMILES string of the molecule is CCCC(Cc1nc(-c2ccc(Br)cc2C)no1)NC. The van der Waals surface area contributed by atoms with Gasteiger partial charge < -0.3 is 9.84 Å². The van der Waals surface area contributed by atoms with Crippen LogP contribution in [0.15, 0.2) is 27.2 Å². The van der Waals surface area contributed by atoms with E-state index >= 15 is 0 Å². The number of nitrogens with one attached hydrogen (secondary N) is 1. The first-order valence-corrected chi connectivity index (χ1v) is 7.69. The van der Waals surface area contributed by atoms with Gasteiger partial charge in [0.25, 0.3) is 0 Å². The second kappa shape index (κ2) is 6.99. The van der Waals surface area contributed by atoms with Crippen molar-refractivity contribution in [1.82, 2.24) is 15.5 Å². The van der Waals surface area contributed by atoms with Gasteiger partial charge in [0.1, 0.15) is 0 Å². The zero-order chi connectivity index (χ0) is 14.5. The molecule has 0 aliphatic carbocycles. The maximum absolute atomic E-state index is 5.37. The lowest BCUT2D eigenvalue weighted by Crippen LogP contribution is -2.27. The van der Waals surface area contributed by atoms with Gasteiger partial charge in [0.05, 0.1) is 0 Å². The second-order valence-corrected chi connectivity index (χ2v) is 5.87. The monoisotopic (exact) mass is 337 g/mol. The van der Waals surface area contributed by atoms with E-state index in [1.54, 1.807) is 0 Å². The second-order valence-electron chi connectivity index (χ2n) is 4.95. The Morgan fingerprint density at radius 2 is 2.20 bits per heavy atom. The molecule has 1 aromatic carbocycles. The summed E-state index contributed by atoms with van der Waals surface area (Å²) in [5.74, 6) is 1.35. The molecule has 0 aliphatic heterocycles. The Hall–Kier alpha value is -1.20. The number of likely N-dealkylation sites (N-methyl/N-ethyl adjacent to an activating group) is 1. The summed E-state index contributed by atoms with van der Waals surface area (Å²) in [4.78, 5) is 4.51. The van der Waals surface area contributed by atoms with Crippen LogP contribution in [0.4, 0.5) is 0 Å². The van der Waals surface area contributed by atoms with Crippen molar-refractivity contribution in [2.24, 2.45) is 0 Å². The van der Waals surface area contributed by atoms with Crippen LogP contribution >= 0.6 is 15.9 Å². The summed E-state index contributed by atoms with van der Waals surface area (Å²) in [6, 6.07) is 6.44. The molecule has 0 spiro atoms. The third-order valence-corrected chi connectivity index (χ3v) is 3.86. The number of aryl methyl sites for hydroxylation is 1. The highest BCUT2D eigenvalue weighted by atomic mass is 79.9. The van der Waals surface area contributed by atoms with Crippen molar-refractivity contribution in [3.8, 4) is 11.4 Å². The summed E-state index contributed by atoms with van der Waals surface area (Å²) in [6.07, 6.45) is 3.01. The Morgan fingerprint density at radius 3 is 2.85 bits per heavy atom. The normalized spacial score (nSPS) is 12.6. The minimum absolute atomic E-state index is 0.388. The molecule has 20 heavy (non-hydrogen) atoms. The van der Waals surface area contributed by atoms with Crippen LogP contribution in [-0.2, 0) is 6.42 Å². The molecule has 2 aromatic rings. The Kier molecular flexibility index (Phi) is 5.31. The summed E-state index contributed by atoms with van der Waals surface area (Å²) in [5.41, 5.74) is 2.14. The van der Waals surface area contributed by atoms with Crippen LogP contribution < -0.4 is 5.32 Å². The van der Waals surface area contributed by atoms with E-state index in [9.17, 15) is 0 Å². The quantitative estimate of drug-likeness (QED) is 0.872. The number of hydrogen-bond acceptors (Lipinski definition) is 4. The van der Waals surface area contributed by atoms with Gasteiger partial charge in [-0.1, -0.05) is 34.4 Å². The summed E-state index contributed by atoms with van der Waals surface area (Å²) < 4.78 is 6.43. The highest BCUT2D eigenvalue weighted by Gasteiger charge is 2.14. The molecule has 0 saturated heterocycles. The average molecular weight is 338 g/mol. The van der Waals surface area contributed by atoms with Crippen LogP contribution in [-0.4, -0.2) is 23.2 Å². The zero-order valence-corrected chi connectivity index (χ0v) is 13.7. The minimum Gasteiger partial charge on any atom is -0.339 e. The standard InChI is InChI=1S/C15H20BrN3O/c1-4-5-12(17-3)9-14-18-15(19-20-14)13-7-6-11(16)8-10(13)2/h6-8,12,17H,4-5,9H2,1-3H3. The predicted octanol–water partition coefficient (Wildman–Crippen LogP) is 3.74. The lowest BCUT2D eigenvalue weighted by Gasteiger charge is -2.11. The number of nitrogens with zero attached hydrogens (tertiary/aromatic N) is 2. The third kappa shape index (κ3) is 3.67. The molecular weight excluding hydrogens is 318 g/mol. The molecule has 0 saturated carbocycles. The first kappa shape index (κ1) is 15.2. The van der Waals surface area contributed by atoms with Crippen LogP contribution in [0.3, 0.4) is 0 Å². The first-order valence-electron chi connectivity index (χ1n) is 6.90. The molecule has 5 heteroatoms. The molecule has 0 aliphatic rings. The summed E-state index contributed by atoms with van der Waals surface area (Å²) in [6.45, 7) is 4.22. The topological polar surface area (TPSA) is 51.0 Å². The van der Waals surface area contributed by atoms with Gasteiger partial charge in [0.15, 0.2) is 0 Å². The van der Waals surface area contributed by atoms with E-state index in [0.29, 0.717) is 17.8 Å². The van der Waals surface area contributed by atoms with Crippen molar-refractivity contribution in [3.63, 3.8) is 0 Å². The smallest absolute Gasteiger partial charge is 0.228 e. The van der Waals surface area contributed by atoms with Gasteiger partial charge in [-0.3, -0.25) is 0 Å². The fraction of sp³-hybridized carbons (Fsp3) is 0.467. The van der Waals surface area contributed by atoms with Crippen LogP contribution in [0.2, 0.25) is 0 Å². The van der Waals surface area contributed by atoms with Gasteiger partial charge in [-0.25, -0.2) is 0 Å². The molecule has 108 valence electrons. The summed E-state index contributed by atoms with van der Waals surface area (Å²) >= 11 is 3.46. The maximum Gasteiger partial charge on any atom is 0.228 e. The van der Waals surface area contributed by atoms with Crippen molar-refractivity contribution < 1.29 is 4.52 Å². The lowest BCUT2D eigenvalue weighted by atomic mass is 10.1. The fourth-order valence-corrected chi connectivity index (χ4v) is 2.71. The van der Waals surface area contributed by atoms with Crippen LogP contribution in [0.1, 0.15) is 31.2 Å². The molecule has 4 nitrogen and oxygen atoms in total. The summed E-state index contributed by atoms with van der Waals surface area (Å²) in [5, 5.41) is 7.38. The first-order chi connectivity index (χ1) is 9.63. The van der Waals surface area contributed by atoms with Crippen molar-refractivity contribution in [2.45, 2.75) is 39.2 Å². The molecule has 1 aromatic heterocycles. The number of aromatic nitrogens is 2. The van der Waals surface area contributed by atoms with E-state index in [0.717, 1.165) is 34.9 Å². The van der Waals surface area contributed by atoms with Crippen molar-refractivity contribution in [3.05, 3.63) is 34.1 Å². The molecule has 1 N–H and O–H groups in total. The lowest BCUT2D eigenvalue weighted by molar-refractivity contribution is 0.356. The number of rotatable bonds is 6. The molecule has 2 rings (SSSR count). The average Bonchev–Trinajstić information content (AvgIpc) is 2.86. The molecular formula is C15H20BrN3O. The Balaban J connectivity index is 2.16. The molecule has 1 atom stereocenters. The summed E-state index contributed by atoms with van der Waals surface area (Å²) in [7, 11) is 1.97. The molecule has 0 bridgehead atoms. The van der Waals surface area contributed by atoms with Crippen LogP contribution in [0.25, 0.3) is 11.4 Å². The van der Waals surface area contributed by atoms with E-state index in [1.165, 1.54) is 0 Å². The highest BCUT2D eigenvalue weighted by molar-refractivity contribution is 9.10. The van der Waals surface area contributed by atoms with Gasteiger partial charge in [-0.2, -0.15) is 4.98 Å². The third-order valence-electron chi connectivity index (χ3n) is 3.36. The van der Waals surface area contributed by atoms with E-state index in [4.69, 9.17) is 4.52 Å². The number of benzene rings is 1. The number of halogens is 1. The molecule has 0 amide bonds. The van der Waals surface area contributed by atoms with Crippen molar-refractivity contribution in [1.29, 1.82) is 0 Å². The number of hydrogen-bond donors (Lipinski definition) is 1. The van der Waals surface area contributed by atoms with Gasteiger partial charge in [0.2, 0.25) is 11.7 Å². The fourth-order valence-electron chi connectivity index (χ4n) is 2.23. The maximum atomic E-state index is 5.37. The van der Waals surface area contributed by atoms with Crippen LogP contribution in [0, 0.1) is 6.92 Å². The van der Waals surface area contributed by atoms with E-state index < -0.39 is 0 Å². The van der Waals surface area contributed by atoms with E-state index in [2.05, 4.69) is 44.4 Å². The predicted molar refractivity (Wildman–Crippen MR) is 83.6 cm³/mol. The largest absolute Gasteiger partial charge is 0.339 e. The van der Waals surface area contributed by atoms with Gasteiger partial charge in [-0.05, 0) is 44.2 Å². The van der Waals surface area contributed by atoms with Crippen molar-refractivity contribution >= 4 is 15.9 Å². The zero-order valence-electron chi connectivity index (χ0n) is 12.1. The van der Waals surface area contributed by atoms with Crippen molar-refractivity contribution in [2.75, 3.05) is 7.05 Å². The Bertz CT molecular complexity index is 568. The van der Waals surface area contributed by atoms with Gasteiger partial charge >= 0.3 is 0 Å². The van der Waals surface area contributed by atoms with E-state index in [-0.39, 0.29) is 0 Å². The van der Waals surface area contributed by atoms with Crippen LogP contribution in [0.5, 0.6) is 0 Å². The minimum atomic E-state index is 0.388. The Morgan fingerprint density at radius 1 is 1.40 bits per heavy atom. The Labute approximate surface area is 128 Å². The van der Waals surface area contributed by atoms with Gasteiger partial charge in [-0.15, -0.1) is 0 Å². The molecule has 0 radical (unpaired) electrons. The highest BCUT2D eigenvalue weighted by Crippen LogP contribution is 2.24. The molecule has 0 fully saturated rings.